The van der Waals surface area contributed by atoms with Crippen molar-refractivity contribution in [1.29, 1.82) is 5.41 Å². The van der Waals surface area contributed by atoms with Gasteiger partial charge in [-0.15, -0.1) is 0 Å². The Morgan fingerprint density at radius 3 is 2.73 bits per heavy atom. The van der Waals surface area contributed by atoms with Crippen molar-refractivity contribution in [3.8, 4) is 0 Å². The molecule has 3 N–H and O–H groups in total. The number of nitrogens with zero attached hydrogens (tertiary/aromatic N) is 1. The molecule has 1 aliphatic rings. The zero-order chi connectivity index (χ0) is 11.1. The molecule has 0 aromatic rings. The molecule has 0 atom stereocenters. The topological polar surface area (TPSA) is 62.3 Å². The van der Waals surface area contributed by atoms with E-state index in [4.69, 9.17) is 15.9 Å². The SMILES string of the molecule is CCOCCCN(CCC(=N)N)C1CC1. The molecule has 0 unspecified atom stereocenters. The van der Waals surface area contributed by atoms with Crippen molar-refractivity contribution >= 4 is 5.84 Å². The fourth-order valence-corrected chi connectivity index (χ4v) is 1.69. The monoisotopic (exact) mass is 213 g/mol. The number of rotatable bonds is 9. The number of hydrogen-bond donors (Lipinski definition) is 2. The number of nitrogens with two attached hydrogens (primary N) is 1. The summed E-state index contributed by atoms with van der Waals surface area (Å²) >= 11 is 0. The van der Waals surface area contributed by atoms with Crippen LogP contribution in [-0.2, 0) is 4.74 Å². The first-order chi connectivity index (χ1) is 7.24. The largest absolute Gasteiger partial charge is 0.388 e. The van der Waals surface area contributed by atoms with Crippen LogP contribution in [0.1, 0.15) is 32.6 Å². The molecule has 15 heavy (non-hydrogen) atoms. The van der Waals surface area contributed by atoms with Gasteiger partial charge in [0.15, 0.2) is 0 Å². The van der Waals surface area contributed by atoms with E-state index in [-0.39, 0.29) is 0 Å². The summed E-state index contributed by atoms with van der Waals surface area (Å²) in [4.78, 5) is 2.44. The van der Waals surface area contributed by atoms with E-state index >= 15 is 0 Å². The molecule has 0 aromatic heterocycles. The first-order valence-electron chi connectivity index (χ1n) is 5.88. The summed E-state index contributed by atoms with van der Waals surface area (Å²) in [5.74, 6) is 0.297. The standard InChI is InChI=1S/C11H23N3O/c1-2-15-9-3-7-14(10-4-5-10)8-6-11(12)13/h10H,2-9H2,1H3,(H3,12,13). The second kappa shape index (κ2) is 6.80. The van der Waals surface area contributed by atoms with Gasteiger partial charge in [-0.25, -0.2) is 0 Å². The Morgan fingerprint density at radius 1 is 1.47 bits per heavy atom. The lowest BCUT2D eigenvalue weighted by molar-refractivity contribution is 0.131. The molecule has 0 spiro atoms. The molecule has 1 rings (SSSR count). The molecule has 0 aromatic carbocycles. The van der Waals surface area contributed by atoms with Crippen molar-refractivity contribution in [3.05, 3.63) is 0 Å². The number of ether oxygens (including phenoxy) is 1. The van der Waals surface area contributed by atoms with E-state index in [2.05, 4.69) is 4.90 Å². The molecule has 4 nitrogen and oxygen atoms in total. The van der Waals surface area contributed by atoms with Crippen LogP contribution in [0.5, 0.6) is 0 Å². The van der Waals surface area contributed by atoms with Gasteiger partial charge in [-0.1, -0.05) is 0 Å². The summed E-state index contributed by atoms with van der Waals surface area (Å²) in [7, 11) is 0. The second-order valence-electron chi connectivity index (χ2n) is 4.09. The fraction of sp³-hybridized carbons (Fsp3) is 0.909. The Morgan fingerprint density at radius 2 is 2.20 bits per heavy atom. The lowest BCUT2D eigenvalue weighted by Gasteiger charge is -2.21. The van der Waals surface area contributed by atoms with E-state index in [0.717, 1.165) is 38.8 Å². The minimum absolute atomic E-state index is 0.297. The lowest BCUT2D eigenvalue weighted by Crippen LogP contribution is -2.31. The molecule has 1 aliphatic carbocycles. The second-order valence-corrected chi connectivity index (χ2v) is 4.09. The zero-order valence-corrected chi connectivity index (χ0v) is 9.67. The smallest absolute Gasteiger partial charge is 0.0918 e. The van der Waals surface area contributed by atoms with Crippen LogP contribution in [-0.4, -0.2) is 43.1 Å². The Hall–Kier alpha value is -0.610. The van der Waals surface area contributed by atoms with Crippen LogP contribution >= 0.6 is 0 Å². The molecule has 0 amide bonds. The highest BCUT2D eigenvalue weighted by Crippen LogP contribution is 2.26. The third-order valence-corrected chi connectivity index (χ3v) is 2.67. The summed E-state index contributed by atoms with van der Waals surface area (Å²) in [6, 6.07) is 0.756. The van der Waals surface area contributed by atoms with Crippen molar-refractivity contribution in [3.63, 3.8) is 0 Å². The van der Waals surface area contributed by atoms with E-state index in [1.807, 2.05) is 6.92 Å². The fourth-order valence-electron chi connectivity index (χ4n) is 1.69. The maximum Gasteiger partial charge on any atom is 0.0918 e. The van der Waals surface area contributed by atoms with Gasteiger partial charge in [0.05, 0.1) is 5.84 Å². The molecule has 0 saturated heterocycles. The van der Waals surface area contributed by atoms with Gasteiger partial charge >= 0.3 is 0 Å². The average molecular weight is 213 g/mol. The molecule has 1 fully saturated rings. The van der Waals surface area contributed by atoms with Crippen LogP contribution in [0.15, 0.2) is 0 Å². The third-order valence-electron chi connectivity index (χ3n) is 2.67. The summed E-state index contributed by atoms with van der Waals surface area (Å²) in [6.07, 6.45) is 4.41. The van der Waals surface area contributed by atoms with Gasteiger partial charge in [0.2, 0.25) is 0 Å². The normalized spacial score (nSPS) is 15.9. The van der Waals surface area contributed by atoms with Gasteiger partial charge in [0.1, 0.15) is 0 Å². The Bertz CT molecular complexity index is 192. The van der Waals surface area contributed by atoms with Gasteiger partial charge in [0, 0.05) is 38.8 Å². The van der Waals surface area contributed by atoms with Crippen LogP contribution in [0.2, 0.25) is 0 Å². The summed E-state index contributed by atoms with van der Waals surface area (Å²) in [5.41, 5.74) is 5.37. The van der Waals surface area contributed by atoms with Gasteiger partial charge in [-0.2, -0.15) is 0 Å². The van der Waals surface area contributed by atoms with Crippen molar-refractivity contribution in [2.24, 2.45) is 5.73 Å². The highest BCUT2D eigenvalue weighted by molar-refractivity contribution is 5.76. The molecule has 0 aliphatic heterocycles. The van der Waals surface area contributed by atoms with E-state index in [1.165, 1.54) is 12.8 Å². The van der Waals surface area contributed by atoms with E-state index < -0.39 is 0 Å². The van der Waals surface area contributed by atoms with Gasteiger partial charge in [0.25, 0.3) is 0 Å². The molecular weight excluding hydrogens is 190 g/mol. The maximum absolute atomic E-state index is 7.22. The van der Waals surface area contributed by atoms with E-state index in [0.29, 0.717) is 12.3 Å². The molecular formula is C11H23N3O. The first-order valence-corrected chi connectivity index (χ1v) is 5.88. The molecule has 0 radical (unpaired) electrons. The maximum atomic E-state index is 7.22. The van der Waals surface area contributed by atoms with Crippen LogP contribution in [0.4, 0.5) is 0 Å². The van der Waals surface area contributed by atoms with Gasteiger partial charge in [-0.3, -0.25) is 10.3 Å². The Kier molecular flexibility index (Phi) is 5.65. The predicted molar refractivity (Wildman–Crippen MR) is 62.2 cm³/mol. The van der Waals surface area contributed by atoms with Crippen molar-refractivity contribution in [1.82, 2.24) is 4.90 Å². The highest BCUT2D eigenvalue weighted by Gasteiger charge is 2.28. The van der Waals surface area contributed by atoms with Crippen molar-refractivity contribution < 1.29 is 4.74 Å². The average Bonchev–Trinajstić information content (AvgIpc) is 3.00. The molecule has 1 saturated carbocycles. The van der Waals surface area contributed by atoms with E-state index in [1.54, 1.807) is 0 Å². The van der Waals surface area contributed by atoms with Crippen LogP contribution in [0.25, 0.3) is 0 Å². The van der Waals surface area contributed by atoms with Gasteiger partial charge < -0.3 is 10.5 Å². The minimum Gasteiger partial charge on any atom is -0.388 e. The van der Waals surface area contributed by atoms with E-state index in [9.17, 15) is 0 Å². The predicted octanol–water partition coefficient (Wildman–Crippen LogP) is 1.20. The summed E-state index contributed by atoms with van der Waals surface area (Å²) in [5, 5.41) is 7.22. The molecule has 0 heterocycles. The molecule has 4 heteroatoms. The van der Waals surface area contributed by atoms with Crippen LogP contribution in [0.3, 0.4) is 0 Å². The van der Waals surface area contributed by atoms with Crippen molar-refractivity contribution in [2.75, 3.05) is 26.3 Å². The summed E-state index contributed by atoms with van der Waals surface area (Å²) in [6.45, 7) is 5.69. The number of nitrogens with one attached hydrogen (secondary N) is 1. The zero-order valence-electron chi connectivity index (χ0n) is 9.67. The molecule has 88 valence electrons. The summed E-state index contributed by atoms with van der Waals surface area (Å²) < 4.78 is 5.32. The Labute approximate surface area is 92.3 Å². The highest BCUT2D eigenvalue weighted by atomic mass is 16.5. The number of amidine groups is 1. The Balaban J connectivity index is 2.10. The van der Waals surface area contributed by atoms with Crippen molar-refractivity contribution in [2.45, 2.75) is 38.6 Å². The first kappa shape index (κ1) is 12.5. The molecule has 0 bridgehead atoms. The van der Waals surface area contributed by atoms with Gasteiger partial charge in [-0.05, 0) is 26.2 Å². The minimum atomic E-state index is 0.297. The quantitative estimate of drug-likeness (QED) is 0.344. The number of hydrogen-bond acceptors (Lipinski definition) is 3. The van der Waals surface area contributed by atoms with Crippen LogP contribution < -0.4 is 5.73 Å². The van der Waals surface area contributed by atoms with Crippen LogP contribution in [0, 0.1) is 5.41 Å². The third kappa shape index (κ3) is 5.74. The lowest BCUT2D eigenvalue weighted by atomic mass is 10.3.